The van der Waals surface area contributed by atoms with Crippen molar-refractivity contribution in [1.82, 2.24) is 0 Å². The second-order valence-electron chi connectivity index (χ2n) is 6.44. The Kier molecular flexibility index (Phi) is 4.62. The number of fused-ring (bicyclic) bond motifs is 3. The lowest BCUT2D eigenvalue weighted by Gasteiger charge is -2.09. The van der Waals surface area contributed by atoms with Gasteiger partial charge in [0.25, 0.3) is 0 Å². The Balaban J connectivity index is 1.41. The van der Waals surface area contributed by atoms with E-state index in [4.69, 9.17) is 13.9 Å². The van der Waals surface area contributed by atoms with Crippen LogP contribution in [0.15, 0.2) is 51.7 Å². The standard InChI is InChI=1S/C21H17FO5/c22-14-4-1-3-13(9-14)11-26-20(23)12-25-15-7-8-17-16-5-2-6-18(16)21(24)27-19(17)10-15/h1,3-4,7-10H,2,5-6,11-12H2. The lowest BCUT2D eigenvalue weighted by Crippen LogP contribution is -2.15. The molecule has 0 N–H and O–H groups in total. The highest BCUT2D eigenvalue weighted by Gasteiger charge is 2.19. The maximum Gasteiger partial charge on any atom is 0.344 e. The van der Waals surface area contributed by atoms with Crippen LogP contribution in [0.5, 0.6) is 5.75 Å². The molecule has 1 aromatic heterocycles. The zero-order valence-electron chi connectivity index (χ0n) is 14.5. The first-order chi connectivity index (χ1) is 13.1. The van der Waals surface area contributed by atoms with E-state index in [0.29, 0.717) is 16.9 Å². The van der Waals surface area contributed by atoms with Crippen molar-refractivity contribution in [3.63, 3.8) is 0 Å². The molecule has 0 bridgehead atoms. The summed E-state index contributed by atoms with van der Waals surface area (Å²) in [6.45, 7) is -0.325. The molecule has 0 fully saturated rings. The molecular weight excluding hydrogens is 351 g/mol. The number of halogens is 1. The maximum absolute atomic E-state index is 13.1. The zero-order valence-corrected chi connectivity index (χ0v) is 14.5. The SMILES string of the molecule is O=C(COc1ccc2c3c(c(=O)oc2c1)CCC3)OCc1cccc(F)c1. The van der Waals surface area contributed by atoms with Gasteiger partial charge in [-0.1, -0.05) is 12.1 Å². The van der Waals surface area contributed by atoms with E-state index in [1.807, 2.05) is 6.07 Å². The van der Waals surface area contributed by atoms with Crippen molar-refractivity contribution in [2.24, 2.45) is 0 Å². The Labute approximate surface area is 154 Å². The van der Waals surface area contributed by atoms with Gasteiger partial charge in [0, 0.05) is 17.0 Å². The van der Waals surface area contributed by atoms with Crippen LogP contribution in [0, 0.1) is 5.82 Å². The second kappa shape index (κ2) is 7.23. The maximum atomic E-state index is 13.1. The molecule has 0 amide bonds. The van der Waals surface area contributed by atoms with Crippen LogP contribution in [0.25, 0.3) is 11.0 Å². The Morgan fingerprint density at radius 3 is 2.81 bits per heavy atom. The summed E-state index contributed by atoms with van der Waals surface area (Å²) in [6.07, 6.45) is 2.57. The number of hydrogen-bond donors (Lipinski definition) is 0. The predicted molar refractivity (Wildman–Crippen MR) is 96.2 cm³/mol. The van der Waals surface area contributed by atoms with E-state index in [9.17, 15) is 14.0 Å². The van der Waals surface area contributed by atoms with Crippen molar-refractivity contribution in [2.75, 3.05) is 6.61 Å². The summed E-state index contributed by atoms with van der Waals surface area (Å²) in [5.41, 5.74) is 2.51. The van der Waals surface area contributed by atoms with Crippen LogP contribution in [0.4, 0.5) is 4.39 Å². The molecule has 0 unspecified atom stereocenters. The minimum atomic E-state index is -0.574. The first-order valence-electron chi connectivity index (χ1n) is 8.71. The molecule has 0 saturated heterocycles. The highest BCUT2D eigenvalue weighted by atomic mass is 19.1. The van der Waals surface area contributed by atoms with E-state index in [-0.39, 0.29) is 24.7 Å². The average molecular weight is 368 g/mol. The van der Waals surface area contributed by atoms with E-state index >= 15 is 0 Å². The normalized spacial score (nSPS) is 12.8. The fraction of sp³-hybridized carbons (Fsp3) is 0.238. The van der Waals surface area contributed by atoms with Gasteiger partial charge in [-0.3, -0.25) is 0 Å². The fourth-order valence-corrected chi connectivity index (χ4v) is 3.33. The summed E-state index contributed by atoms with van der Waals surface area (Å²) in [7, 11) is 0. The van der Waals surface area contributed by atoms with Gasteiger partial charge < -0.3 is 13.9 Å². The van der Waals surface area contributed by atoms with Crippen molar-refractivity contribution < 1.29 is 23.1 Å². The molecule has 6 heteroatoms. The number of hydrogen-bond acceptors (Lipinski definition) is 5. The van der Waals surface area contributed by atoms with Crippen LogP contribution in [-0.2, 0) is 29.0 Å². The third-order valence-electron chi connectivity index (χ3n) is 4.59. The fourth-order valence-electron chi connectivity index (χ4n) is 3.33. The van der Waals surface area contributed by atoms with Crippen LogP contribution >= 0.6 is 0 Å². The van der Waals surface area contributed by atoms with Crippen LogP contribution in [0.3, 0.4) is 0 Å². The summed E-state index contributed by atoms with van der Waals surface area (Å²) < 4.78 is 29.0. The van der Waals surface area contributed by atoms with Gasteiger partial charge in [0.2, 0.25) is 0 Å². The first kappa shape index (κ1) is 17.3. The van der Waals surface area contributed by atoms with Gasteiger partial charge in [-0.25, -0.2) is 14.0 Å². The highest BCUT2D eigenvalue weighted by Crippen LogP contribution is 2.29. The van der Waals surface area contributed by atoms with E-state index in [2.05, 4.69) is 0 Å². The number of aryl methyl sites for hydroxylation is 1. The van der Waals surface area contributed by atoms with Gasteiger partial charge >= 0.3 is 11.6 Å². The molecule has 1 aliphatic carbocycles. The molecule has 2 aromatic carbocycles. The van der Waals surface area contributed by atoms with Crippen molar-refractivity contribution in [2.45, 2.75) is 25.9 Å². The lowest BCUT2D eigenvalue weighted by atomic mass is 10.1. The minimum Gasteiger partial charge on any atom is -0.482 e. The molecule has 0 saturated carbocycles. The third-order valence-corrected chi connectivity index (χ3v) is 4.59. The zero-order chi connectivity index (χ0) is 18.8. The quantitative estimate of drug-likeness (QED) is 0.509. The molecule has 27 heavy (non-hydrogen) atoms. The molecule has 0 atom stereocenters. The van der Waals surface area contributed by atoms with Crippen LogP contribution in [0.2, 0.25) is 0 Å². The number of ether oxygens (including phenoxy) is 2. The monoisotopic (exact) mass is 368 g/mol. The molecule has 138 valence electrons. The van der Waals surface area contributed by atoms with E-state index in [0.717, 1.165) is 35.8 Å². The molecule has 1 heterocycles. The molecule has 0 aliphatic heterocycles. The summed E-state index contributed by atoms with van der Waals surface area (Å²) in [5.74, 6) is -0.551. The second-order valence-corrected chi connectivity index (χ2v) is 6.44. The van der Waals surface area contributed by atoms with Gasteiger partial charge in [-0.15, -0.1) is 0 Å². The smallest absolute Gasteiger partial charge is 0.344 e. The van der Waals surface area contributed by atoms with E-state index < -0.39 is 5.97 Å². The number of benzene rings is 2. The Hall–Kier alpha value is -3.15. The van der Waals surface area contributed by atoms with Gasteiger partial charge in [0.15, 0.2) is 6.61 Å². The number of carbonyl (C=O) groups excluding carboxylic acids is 1. The topological polar surface area (TPSA) is 65.7 Å². The summed E-state index contributed by atoms with van der Waals surface area (Å²) >= 11 is 0. The molecule has 0 radical (unpaired) electrons. The summed E-state index contributed by atoms with van der Waals surface area (Å²) in [6, 6.07) is 11.0. The summed E-state index contributed by atoms with van der Waals surface area (Å²) in [5, 5.41) is 0.906. The van der Waals surface area contributed by atoms with Crippen molar-refractivity contribution in [1.29, 1.82) is 0 Å². The van der Waals surface area contributed by atoms with Crippen LogP contribution in [0.1, 0.15) is 23.1 Å². The number of rotatable bonds is 5. The Morgan fingerprint density at radius 2 is 1.96 bits per heavy atom. The van der Waals surface area contributed by atoms with Crippen LogP contribution < -0.4 is 10.4 Å². The highest BCUT2D eigenvalue weighted by molar-refractivity contribution is 5.83. The van der Waals surface area contributed by atoms with Crippen molar-refractivity contribution in [3.8, 4) is 5.75 Å². The van der Waals surface area contributed by atoms with Crippen molar-refractivity contribution >= 4 is 16.9 Å². The predicted octanol–water partition coefficient (Wildman–Crippen LogP) is 3.54. The third kappa shape index (κ3) is 3.69. The van der Waals surface area contributed by atoms with Gasteiger partial charge in [0.05, 0.1) is 0 Å². The number of esters is 1. The number of carbonyl (C=O) groups is 1. The molecule has 0 spiro atoms. The molecule has 5 nitrogen and oxygen atoms in total. The van der Waals surface area contributed by atoms with Crippen LogP contribution in [-0.4, -0.2) is 12.6 Å². The Morgan fingerprint density at radius 1 is 1.11 bits per heavy atom. The Bertz CT molecular complexity index is 1070. The van der Waals surface area contributed by atoms with Gasteiger partial charge in [-0.2, -0.15) is 0 Å². The molecule has 4 rings (SSSR count). The lowest BCUT2D eigenvalue weighted by molar-refractivity contribution is -0.147. The average Bonchev–Trinajstić information content (AvgIpc) is 3.15. The first-order valence-corrected chi connectivity index (χ1v) is 8.71. The minimum absolute atomic E-state index is 0.0291. The van der Waals surface area contributed by atoms with E-state index in [1.165, 1.54) is 12.1 Å². The molecule has 3 aromatic rings. The van der Waals surface area contributed by atoms with Gasteiger partial charge in [0.1, 0.15) is 23.8 Å². The van der Waals surface area contributed by atoms with Gasteiger partial charge in [-0.05, 0) is 54.7 Å². The largest absolute Gasteiger partial charge is 0.482 e. The molecular formula is C21H17FO5. The van der Waals surface area contributed by atoms with Crippen molar-refractivity contribution in [3.05, 3.63) is 75.4 Å². The molecule has 1 aliphatic rings. The van der Waals surface area contributed by atoms with E-state index in [1.54, 1.807) is 24.3 Å². The summed E-state index contributed by atoms with van der Waals surface area (Å²) in [4.78, 5) is 23.9.